The molecule has 5 nitrogen and oxygen atoms in total. The Hall–Kier alpha value is -3.04. The van der Waals surface area contributed by atoms with Crippen molar-refractivity contribution in [3.8, 4) is 6.07 Å². The number of para-hydroxylation sites is 1. The van der Waals surface area contributed by atoms with Crippen molar-refractivity contribution in [3.63, 3.8) is 0 Å². The summed E-state index contributed by atoms with van der Waals surface area (Å²) in [4.78, 5) is 20.9. The third kappa shape index (κ3) is 2.85. The fourth-order valence-corrected chi connectivity index (χ4v) is 2.69. The maximum atomic E-state index is 11.8. The van der Waals surface area contributed by atoms with E-state index in [9.17, 15) is 10.1 Å². The number of aromatic nitrogens is 1. The van der Waals surface area contributed by atoms with Crippen LogP contribution in [-0.4, -0.2) is 16.7 Å². The summed E-state index contributed by atoms with van der Waals surface area (Å²) in [5.41, 5.74) is 1.12. The van der Waals surface area contributed by atoms with Gasteiger partial charge in [-0.3, -0.25) is 0 Å². The van der Waals surface area contributed by atoms with Crippen LogP contribution in [0.3, 0.4) is 0 Å². The van der Waals surface area contributed by atoms with E-state index in [1.54, 1.807) is 30.3 Å². The molecule has 0 bridgehead atoms. The zero-order valence-electron chi connectivity index (χ0n) is 11.3. The Morgan fingerprint density at radius 2 is 1.86 bits per heavy atom. The van der Waals surface area contributed by atoms with E-state index < -0.39 is 5.97 Å². The number of hydrogen-bond acceptors (Lipinski definition) is 6. The first-order chi connectivity index (χ1) is 10.8. The maximum Gasteiger partial charge on any atom is 0.365 e. The summed E-state index contributed by atoms with van der Waals surface area (Å²) in [5, 5.41) is 13.2. The van der Waals surface area contributed by atoms with Crippen molar-refractivity contribution in [2.45, 2.75) is 0 Å². The number of nitrogens with zero attached hydrogens (tertiary/aromatic N) is 3. The first-order valence-corrected chi connectivity index (χ1v) is 7.20. The maximum absolute atomic E-state index is 11.8. The van der Waals surface area contributed by atoms with Gasteiger partial charge in [0.15, 0.2) is 5.01 Å². The molecule has 2 aromatic carbocycles. The Kier molecular flexibility index (Phi) is 3.90. The molecule has 0 aliphatic heterocycles. The van der Waals surface area contributed by atoms with Crippen LogP contribution in [0.2, 0.25) is 0 Å². The quantitative estimate of drug-likeness (QED) is 0.422. The molecule has 0 spiro atoms. The van der Waals surface area contributed by atoms with Gasteiger partial charge in [-0.15, -0.1) is 11.3 Å². The van der Waals surface area contributed by atoms with E-state index in [1.165, 1.54) is 11.3 Å². The lowest BCUT2D eigenvalue weighted by atomic mass is 10.2. The number of thiazole rings is 1. The highest BCUT2D eigenvalue weighted by molar-refractivity contribution is 7.20. The Bertz CT molecular complexity index is 861. The Morgan fingerprint density at radius 1 is 1.14 bits per heavy atom. The van der Waals surface area contributed by atoms with Crippen LogP contribution in [0.1, 0.15) is 15.4 Å². The summed E-state index contributed by atoms with van der Waals surface area (Å²) >= 11 is 1.32. The molecule has 0 aliphatic carbocycles. The summed E-state index contributed by atoms with van der Waals surface area (Å²) < 4.78 is 0.940. The molecule has 0 saturated heterocycles. The lowest BCUT2D eigenvalue weighted by Gasteiger charge is -1.97. The third-order valence-corrected chi connectivity index (χ3v) is 3.87. The summed E-state index contributed by atoms with van der Waals surface area (Å²) in [6.07, 6.45) is 0. The first-order valence-electron chi connectivity index (χ1n) is 6.38. The van der Waals surface area contributed by atoms with Crippen molar-refractivity contribution in [1.29, 1.82) is 5.26 Å². The third-order valence-electron chi connectivity index (χ3n) is 2.83. The van der Waals surface area contributed by atoms with Gasteiger partial charge in [0.2, 0.25) is 5.71 Å². The van der Waals surface area contributed by atoms with E-state index >= 15 is 0 Å². The van der Waals surface area contributed by atoms with Crippen LogP contribution in [0.5, 0.6) is 0 Å². The summed E-state index contributed by atoms with van der Waals surface area (Å²) in [5.74, 6) is -0.616. The number of hydrogen-bond donors (Lipinski definition) is 0. The van der Waals surface area contributed by atoms with Crippen molar-refractivity contribution in [2.24, 2.45) is 5.16 Å². The Balaban J connectivity index is 1.85. The van der Waals surface area contributed by atoms with Gasteiger partial charge in [0.25, 0.3) is 0 Å². The van der Waals surface area contributed by atoms with E-state index in [4.69, 9.17) is 4.84 Å². The molecule has 0 atom stereocenters. The SMILES string of the molecule is N#C/C(=N\OC(=O)c1ccccc1)c1nc2ccccc2s1. The zero-order valence-corrected chi connectivity index (χ0v) is 12.1. The van der Waals surface area contributed by atoms with Crippen LogP contribution < -0.4 is 0 Å². The van der Waals surface area contributed by atoms with Crippen LogP contribution in [-0.2, 0) is 4.84 Å². The standard InChI is InChI=1S/C16H9N3O2S/c17-10-13(15-18-12-8-4-5-9-14(12)22-15)19-21-16(20)11-6-2-1-3-7-11/h1-9H/b19-13+. The van der Waals surface area contributed by atoms with E-state index in [0.717, 1.165) is 10.2 Å². The molecular weight excluding hydrogens is 298 g/mol. The molecule has 0 radical (unpaired) electrons. The fraction of sp³-hybridized carbons (Fsp3) is 0. The second-order valence-corrected chi connectivity index (χ2v) is 5.31. The average molecular weight is 307 g/mol. The number of rotatable bonds is 3. The minimum Gasteiger partial charge on any atom is -0.311 e. The van der Waals surface area contributed by atoms with Gasteiger partial charge in [0, 0.05) is 0 Å². The highest BCUT2D eigenvalue weighted by Gasteiger charge is 2.12. The number of carbonyl (C=O) groups excluding carboxylic acids is 1. The van der Waals surface area contributed by atoms with E-state index in [0.29, 0.717) is 10.6 Å². The number of benzene rings is 2. The smallest absolute Gasteiger partial charge is 0.311 e. The van der Waals surface area contributed by atoms with E-state index in [-0.39, 0.29) is 5.71 Å². The molecule has 0 unspecified atom stereocenters. The van der Waals surface area contributed by atoms with Gasteiger partial charge in [-0.1, -0.05) is 35.5 Å². The van der Waals surface area contributed by atoms with Crippen LogP contribution in [0.4, 0.5) is 0 Å². The van der Waals surface area contributed by atoms with E-state index in [2.05, 4.69) is 10.1 Å². The summed E-state index contributed by atoms with van der Waals surface area (Å²) in [7, 11) is 0. The highest BCUT2D eigenvalue weighted by Crippen LogP contribution is 2.22. The first kappa shape index (κ1) is 13.9. The molecule has 0 N–H and O–H groups in total. The van der Waals surface area contributed by atoms with Crippen molar-refractivity contribution in [2.75, 3.05) is 0 Å². The van der Waals surface area contributed by atoms with Crippen molar-refractivity contribution in [3.05, 3.63) is 65.2 Å². The van der Waals surface area contributed by atoms with Crippen molar-refractivity contribution < 1.29 is 9.63 Å². The highest BCUT2D eigenvalue weighted by atomic mass is 32.1. The van der Waals surface area contributed by atoms with E-state index in [1.807, 2.05) is 30.3 Å². The molecule has 6 heteroatoms. The number of oxime groups is 1. The van der Waals surface area contributed by atoms with Gasteiger partial charge < -0.3 is 4.84 Å². The molecule has 1 heterocycles. The Labute approximate surface area is 130 Å². The fourth-order valence-electron chi connectivity index (χ4n) is 1.79. The largest absolute Gasteiger partial charge is 0.365 e. The molecule has 3 aromatic rings. The van der Waals surface area contributed by atoms with Crippen molar-refractivity contribution in [1.82, 2.24) is 4.98 Å². The molecular formula is C16H9N3O2S. The monoisotopic (exact) mass is 307 g/mol. The molecule has 0 saturated carbocycles. The summed E-state index contributed by atoms with van der Waals surface area (Å²) in [6, 6.07) is 17.9. The Morgan fingerprint density at radius 3 is 2.59 bits per heavy atom. The van der Waals surface area contributed by atoms with Crippen molar-refractivity contribution >= 4 is 33.2 Å². The molecule has 0 aliphatic rings. The number of nitriles is 1. The molecule has 22 heavy (non-hydrogen) atoms. The molecule has 3 rings (SSSR count). The van der Waals surface area contributed by atoms with Crippen LogP contribution >= 0.6 is 11.3 Å². The second-order valence-electron chi connectivity index (χ2n) is 4.28. The number of fused-ring (bicyclic) bond motifs is 1. The predicted octanol–water partition coefficient (Wildman–Crippen LogP) is 3.38. The van der Waals surface area contributed by atoms with Gasteiger partial charge >= 0.3 is 5.97 Å². The molecule has 0 fully saturated rings. The second kappa shape index (κ2) is 6.16. The minimum atomic E-state index is -0.616. The predicted molar refractivity (Wildman–Crippen MR) is 83.6 cm³/mol. The van der Waals surface area contributed by atoms with Gasteiger partial charge in [0.05, 0.1) is 15.8 Å². The van der Waals surface area contributed by atoms with Gasteiger partial charge in [-0.2, -0.15) is 5.26 Å². The van der Waals surface area contributed by atoms with Gasteiger partial charge in [0.1, 0.15) is 6.07 Å². The lowest BCUT2D eigenvalue weighted by molar-refractivity contribution is 0.0517. The molecule has 0 amide bonds. The van der Waals surface area contributed by atoms with Crippen LogP contribution in [0.15, 0.2) is 59.8 Å². The average Bonchev–Trinajstić information content (AvgIpc) is 3.00. The summed E-state index contributed by atoms with van der Waals surface area (Å²) in [6.45, 7) is 0. The molecule has 106 valence electrons. The van der Waals surface area contributed by atoms with Crippen LogP contribution in [0, 0.1) is 11.3 Å². The van der Waals surface area contributed by atoms with Gasteiger partial charge in [-0.25, -0.2) is 9.78 Å². The van der Waals surface area contributed by atoms with Gasteiger partial charge in [-0.05, 0) is 24.3 Å². The van der Waals surface area contributed by atoms with Crippen LogP contribution in [0.25, 0.3) is 10.2 Å². The number of carbonyl (C=O) groups is 1. The lowest BCUT2D eigenvalue weighted by Crippen LogP contribution is -2.04. The zero-order chi connectivity index (χ0) is 15.4. The normalized spacial score (nSPS) is 11.1. The molecule has 1 aromatic heterocycles. The minimum absolute atomic E-state index is 0.0227. The topological polar surface area (TPSA) is 75.3 Å².